The van der Waals surface area contributed by atoms with Crippen molar-refractivity contribution in [3.8, 4) is 6.07 Å². The maximum Gasteiger partial charge on any atom is 0.0992 e. The van der Waals surface area contributed by atoms with Crippen molar-refractivity contribution in [1.29, 1.82) is 5.26 Å². The van der Waals surface area contributed by atoms with Crippen LogP contribution < -0.4 is 4.90 Å². The minimum Gasteiger partial charge on any atom is -0.368 e. The smallest absolute Gasteiger partial charge is 0.0992 e. The van der Waals surface area contributed by atoms with Gasteiger partial charge < -0.3 is 4.90 Å². The average Bonchev–Trinajstić information content (AvgIpc) is 2.34. The largest absolute Gasteiger partial charge is 0.368 e. The second-order valence-electron chi connectivity index (χ2n) is 5.08. The van der Waals surface area contributed by atoms with Gasteiger partial charge in [-0.05, 0) is 39.1 Å². The van der Waals surface area contributed by atoms with E-state index in [4.69, 9.17) is 5.26 Å². The third kappa shape index (κ3) is 2.68. The Labute approximate surface area is 117 Å². The van der Waals surface area contributed by atoms with Crippen LogP contribution in [0.2, 0.25) is 0 Å². The monoisotopic (exact) mass is 307 g/mol. The SMILES string of the molecule is CC1CN(c2cc(Br)cc(C#N)c2)CC(C)N1C. The fourth-order valence-electron chi connectivity index (χ4n) is 2.44. The number of hydrogen-bond donors (Lipinski definition) is 0. The molecule has 1 heterocycles. The molecule has 0 radical (unpaired) electrons. The van der Waals surface area contributed by atoms with Crippen molar-refractivity contribution in [2.75, 3.05) is 25.0 Å². The molecule has 2 rings (SSSR count). The summed E-state index contributed by atoms with van der Waals surface area (Å²) in [6.07, 6.45) is 0. The Morgan fingerprint density at radius 3 is 2.39 bits per heavy atom. The van der Waals surface area contributed by atoms with Crippen molar-refractivity contribution < 1.29 is 0 Å². The van der Waals surface area contributed by atoms with E-state index in [0.29, 0.717) is 17.6 Å². The maximum absolute atomic E-state index is 9.03. The van der Waals surface area contributed by atoms with Gasteiger partial charge in [-0.3, -0.25) is 4.90 Å². The quantitative estimate of drug-likeness (QED) is 0.799. The Balaban J connectivity index is 2.27. The van der Waals surface area contributed by atoms with E-state index < -0.39 is 0 Å². The van der Waals surface area contributed by atoms with Gasteiger partial charge in [-0.1, -0.05) is 15.9 Å². The summed E-state index contributed by atoms with van der Waals surface area (Å²) in [5, 5.41) is 9.03. The summed E-state index contributed by atoms with van der Waals surface area (Å²) in [4.78, 5) is 4.76. The van der Waals surface area contributed by atoms with Crippen LogP contribution in [0.5, 0.6) is 0 Å². The molecule has 2 unspecified atom stereocenters. The van der Waals surface area contributed by atoms with Crippen LogP contribution in [0.15, 0.2) is 22.7 Å². The van der Waals surface area contributed by atoms with E-state index in [-0.39, 0.29) is 0 Å². The highest BCUT2D eigenvalue weighted by atomic mass is 79.9. The highest BCUT2D eigenvalue weighted by Gasteiger charge is 2.26. The minimum atomic E-state index is 0.526. The van der Waals surface area contributed by atoms with Gasteiger partial charge in [-0.15, -0.1) is 0 Å². The van der Waals surface area contributed by atoms with Crippen molar-refractivity contribution in [1.82, 2.24) is 4.90 Å². The Morgan fingerprint density at radius 2 is 1.83 bits per heavy atom. The van der Waals surface area contributed by atoms with Gasteiger partial charge in [0.15, 0.2) is 0 Å². The Morgan fingerprint density at radius 1 is 1.22 bits per heavy atom. The topological polar surface area (TPSA) is 30.3 Å². The van der Waals surface area contributed by atoms with Crippen molar-refractivity contribution in [3.63, 3.8) is 0 Å². The molecule has 1 fully saturated rings. The van der Waals surface area contributed by atoms with Crippen molar-refractivity contribution >= 4 is 21.6 Å². The van der Waals surface area contributed by atoms with Gasteiger partial charge in [0, 0.05) is 35.3 Å². The van der Waals surface area contributed by atoms with Crippen LogP contribution in [0.25, 0.3) is 0 Å². The molecule has 96 valence electrons. The molecule has 1 aromatic rings. The molecule has 2 atom stereocenters. The fourth-order valence-corrected chi connectivity index (χ4v) is 2.92. The van der Waals surface area contributed by atoms with Crippen LogP contribution >= 0.6 is 15.9 Å². The second kappa shape index (κ2) is 5.29. The van der Waals surface area contributed by atoms with Crippen LogP contribution in [0.3, 0.4) is 0 Å². The highest BCUT2D eigenvalue weighted by Crippen LogP contribution is 2.26. The zero-order valence-electron chi connectivity index (χ0n) is 11.0. The van der Waals surface area contributed by atoms with E-state index in [1.807, 2.05) is 12.1 Å². The van der Waals surface area contributed by atoms with Crippen molar-refractivity contribution in [2.45, 2.75) is 25.9 Å². The predicted octanol–water partition coefficient (Wildman–Crippen LogP) is 2.85. The molecule has 0 amide bonds. The summed E-state index contributed by atoms with van der Waals surface area (Å²) in [7, 11) is 2.17. The summed E-state index contributed by atoms with van der Waals surface area (Å²) in [6, 6.07) is 9.17. The molecule has 0 aromatic heterocycles. The molecule has 0 aliphatic carbocycles. The van der Waals surface area contributed by atoms with Crippen LogP contribution in [0.1, 0.15) is 19.4 Å². The number of likely N-dealkylation sites (N-methyl/N-ethyl adjacent to an activating group) is 1. The molecule has 0 saturated carbocycles. The lowest BCUT2D eigenvalue weighted by Gasteiger charge is -2.43. The molecule has 3 nitrogen and oxygen atoms in total. The maximum atomic E-state index is 9.03. The Kier molecular flexibility index (Phi) is 3.94. The fraction of sp³-hybridized carbons (Fsp3) is 0.500. The summed E-state index contributed by atoms with van der Waals surface area (Å²) in [5.74, 6) is 0. The van der Waals surface area contributed by atoms with Gasteiger partial charge in [-0.2, -0.15) is 5.26 Å². The van der Waals surface area contributed by atoms with Gasteiger partial charge >= 0.3 is 0 Å². The van der Waals surface area contributed by atoms with Crippen molar-refractivity contribution in [3.05, 3.63) is 28.2 Å². The number of benzene rings is 1. The molecule has 18 heavy (non-hydrogen) atoms. The average molecular weight is 308 g/mol. The van der Waals surface area contributed by atoms with E-state index in [9.17, 15) is 0 Å². The number of hydrogen-bond acceptors (Lipinski definition) is 3. The number of anilines is 1. The summed E-state index contributed by atoms with van der Waals surface area (Å²) in [5.41, 5.74) is 1.84. The molecule has 1 saturated heterocycles. The van der Waals surface area contributed by atoms with E-state index in [1.54, 1.807) is 0 Å². The third-order valence-corrected chi connectivity index (χ3v) is 4.19. The molecule has 1 aliphatic rings. The summed E-state index contributed by atoms with van der Waals surface area (Å²) < 4.78 is 0.968. The van der Waals surface area contributed by atoms with Crippen LogP contribution in [0.4, 0.5) is 5.69 Å². The Hall–Kier alpha value is -1.05. The number of nitriles is 1. The van der Waals surface area contributed by atoms with E-state index >= 15 is 0 Å². The second-order valence-corrected chi connectivity index (χ2v) is 5.99. The molecule has 1 aromatic carbocycles. The lowest BCUT2D eigenvalue weighted by Crippen LogP contribution is -2.55. The number of halogens is 1. The molecule has 0 spiro atoms. The Bertz CT molecular complexity index is 468. The number of nitrogens with zero attached hydrogens (tertiary/aromatic N) is 3. The standard InChI is InChI=1S/C14H18BrN3/c1-10-8-18(9-11(2)17(10)3)14-5-12(7-16)4-13(15)6-14/h4-6,10-11H,8-9H2,1-3H3. The van der Waals surface area contributed by atoms with Gasteiger partial charge in [-0.25, -0.2) is 0 Å². The van der Waals surface area contributed by atoms with E-state index in [0.717, 1.165) is 23.2 Å². The first-order chi connectivity index (χ1) is 8.51. The van der Waals surface area contributed by atoms with Crippen LogP contribution in [-0.2, 0) is 0 Å². The predicted molar refractivity (Wildman–Crippen MR) is 77.8 cm³/mol. The van der Waals surface area contributed by atoms with Crippen LogP contribution in [-0.4, -0.2) is 37.1 Å². The molecule has 1 aliphatic heterocycles. The first-order valence-electron chi connectivity index (χ1n) is 6.19. The third-order valence-electron chi connectivity index (χ3n) is 3.74. The molecular weight excluding hydrogens is 290 g/mol. The lowest BCUT2D eigenvalue weighted by atomic mass is 10.1. The minimum absolute atomic E-state index is 0.526. The van der Waals surface area contributed by atoms with Gasteiger partial charge in [0.1, 0.15) is 0 Å². The van der Waals surface area contributed by atoms with Crippen molar-refractivity contribution in [2.24, 2.45) is 0 Å². The molecule has 0 N–H and O–H groups in total. The first-order valence-corrected chi connectivity index (χ1v) is 6.98. The number of piperazine rings is 1. The van der Waals surface area contributed by atoms with E-state index in [2.05, 4.69) is 58.8 Å². The normalized spacial score (nSPS) is 24.9. The van der Waals surface area contributed by atoms with Crippen LogP contribution in [0, 0.1) is 11.3 Å². The molecule has 0 bridgehead atoms. The van der Waals surface area contributed by atoms with Gasteiger partial charge in [0.25, 0.3) is 0 Å². The van der Waals surface area contributed by atoms with E-state index in [1.165, 1.54) is 0 Å². The molecular formula is C14H18BrN3. The summed E-state index contributed by atoms with van der Waals surface area (Å²) >= 11 is 3.47. The first kappa shape index (κ1) is 13.4. The van der Waals surface area contributed by atoms with Gasteiger partial charge in [0.2, 0.25) is 0 Å². The zero-order valence-corrected chi connectivity index (χ0v) is 12.6. The zero-order chi connectivity index (χ0) is 13.3. The molecule has 4 heteroatoms. The summed E-state index contributed by atoms with van der Waals surface area (Å²) in [6.45, 7) is 6.49. The van der Waals surface area contributed by atoms with Gasteiger partial charge in [0.05, 0.1) is 11.6 Å². The number of rotatable bonds is 1. The lowest BCUT2D eigenvalue weighted by molar-refractivity contribution is 0.170. The highest BCUT2D eigenvalue weighted by molar-refractivity contribution is 9.10.